The van der Waals surface area contributed by atoms with Gasteiger partial charge in [-0.15, -0.1) is 0 Å². The van der Waals surface area contributed by atoms with E-state index >= 15 is 0 Å². The highest BCUT2D eigenvalue weighted by Gasteiger charge is 2.39. The Labute approximate surface area is 156 Å². The highest BCUT2D eigenvalue weighted by molar-refractivity contribution is 5.73. The number of hydrogen-bond acceptors (Lipinski definition) is 4. The normalized spacial score (nSPS) is 26.0. The predicted molar refractivity (Wildman–Crippen MR) is 101 cm³/mol. The summed E-state index contributed by atoms with van der Waals surface area (Å²) in [4.78, 5) is 12.2. The summed E-state index contributed by atoms with van der Waals surface area (Å²) in [6.07, 6.45) is 6.23. The molecule has 1 aromatic carbocycles. The van der Waals surface area contributed by atoms with E-state index in [0.29, 0.717) is 17.9 Å². The molecule has 4 heteroatoms. The zero-order valence-corrected chi connectivity index (χ0v) is 16.0. The average Bonchev–Trinajstić information content (AvgIpc) is 3.52. The molecule has 0 bridgehead atoms. The summed E-state index contributed by atoms with van der Waals surface area (Å²) in [5.74, 6) is 1.41. The van der Waals surface area contributed by atoms with Crippen LogP contribution in [-0.2, 0) is 27.3 Å². The van der Waals surface area contributed by atoms with Gasteiger partial charge in [0.05, 0.1) is 25.7 Å². The maximum atomic E-state index is 12.2. The van der Waals surface area contributed by atoms with Crippen molar-refractivity contribution in [2.75, 3.05) is 20.2 Å². The van der Waals surface area contributed by atoms with Crippen LogP contribution in [0.2, 0.25) is 0 Å². The van der Waals surface area contributed by atoms with Crippen LogP contribution < -0.4 is 5.32 Å². The van der Waals surface area contributed by atoms with E-state index in [1.54, 1.807) is 0 Å². The van der Waals surface area contributed by atoms with Crippen molar-refractivity contribution in [2.24, 2.45) is 17.8 Å². The Morgan fingerprint density at radius 2 is 1.96 bits per heavy atom. The van der Waals surface area contributed by atoms with Gasteiger partial charge in [0, 0.05) is 0 Å². The fourth-order valence-electron chi connectivity index (χ4n) is 4.93. The molecule has 1 N–H and O–H groups in total. The fourth-order valence-corrected chi connectivity index (χ4v) is 4.93. The van der Waals surface area contributed by atoms with Gasteiger partial charge in [0.15, 0.2) is 0 Å². The minimum absolute atomic E-state index is 0.0781. The molecule has 2 aliphatic heterocycles. The maximum Gasteiger partial charge on any atom is 0.309 e. The average molecular weight is 357 g/mol. The van der Waals surface area contributed by atoms with Gasteiger partial charge < -0.3 is 14.8 Å². The van der Waals surface area contributed by atoms with E-state index in [4.69, 9.17) is 9.47 Å². The lowest BCUT2D eigenvalue weighted by Crippen LogP contribution is -2.38. The Balaban J connectivity index is 1.55. The fraction of sp³-hybridized carbons (Fsp3) is 0.682. The summed E-state index contributed by atoms with van der Waals surface area (Å²) in [5.41, 5.74) is 4.06. The van der Waals surface area contributed by atoms with E-state index in [1.807, 2.05) is 6.92 Å². The largest absolute Gasteiger partial charge is 0.469 e. The van der Waals surface area contributed by atoms with Gasteiger partial charge in [0.25, 0.3) is 0 Å². The number of methoxy groups -OCH3 is 1. The van der Waals surface area contributed by atoms with Gasteiger partial charge in [-0.3, -0.25) is 4.79 Å². The number of piperidine rings is 1. The molecular weight excluding hydrogens is 326 g/mol. The number of nitrogens with one attached hydrogen (secondary N) is 1. The molecule has 0 aromatic heterocycles. The van der Waals surface area contributed by atoms with Crippen LogP contribution in [-0.4, -0.2) is 32.3 Å². The third kappa shape index (κ3) is 3.67. The van der Waals surface area contributed by atoms with Crippen LogP contribution in [0.3, 0.4) is 0 Å². The summed E-state index contributed by atoms with van der Waals surface area (Å²) >= 11 is 0. The predicted octanol–water partition coefficient (Wildman–Crippen LogP) is 3.43. The number of hydrogen-bond donors (Lipinski definition) is 1. The summed E-state index contributed by atoms with van der Waals surface area (Å²) in [6.45, 7) is 4.97. The highest BCUT2D eigenvalue weighted by atomic mass is 16.5. The molecule has 3 aliphatic rings. The number of benzene rings is 1. The minimum atomic E-state index is -0.0875. The molecule has 1 unspecified atom stereocenters. The van der Waals surface area contributed by atoms with Crippen LogP contribution >= 0.6 is 0 Å². The van der Waals surface area contributed by atoms with Gasteiger partial charge in [0.2, 0.25) is 0 Å². The zero-order chi connectivity index (χ0) is 18.1. The first kappa shape index (κ1) is 18.0. The van der Waals surface area contributed by atoms with Crippen molar-refractivity contribution in [2.45, 2.75) is 57.7 Å². The summed E-state index contributed by atoms with van der Waals surface area (Å²) in [6, 6.07) is 6.81. The summed E-state index contributed by atoms with van der Waals surface area (Å²) < 4.78 is 11.2. The van der Waals surface area contributed by atoms with Crippen molar-refractivity contribution >= 4 is 5.97 Å². The van der Waals surface area contributed by atoms with E-state index < -0.39 is 0 Å². The van der Waals surface area contributed by atoms with Crippen molar-refractivity contribution in [1.29, 1.82) is 0 Å². The Kier molecular flexibility index (Phi) is 5.32. The molecule has 4 nitrogen and oxygen atoms in total. The Morgan fingerprint density at radius 3 is 2.65 bits per heavy atom. The van der Waals surface area contributed by atoms with Crippen LogP contribution in [0.15, 0.2) is 18.2 Å². The third-order valence-corrected chi connectivity index (χ3v) is 6.64. The molecule has 0 spiro atoms. The molecule has 4 rings (SSSR count). The lowest BCUT2D eigenvalue weighted by atomic mass is 9.80. The molecule has 3 atom stereocenters. The lowest BCUT2D eigenvalue weighted by molar-refractivity contribution is -0.145. The lowest BCUT2D eigenvalue weighted by Gasteiger charge is -2.35. The van der Waals surface area contributed by atoms with Crippen molar-refractivity contribution in [3.8, 4) is 0 Å². The highest BCUT2D eigenvalue weighted by Crippen LogP contribution is 2.47. The zero-order valence-electron chi connectivity index (χ0n) is 16.0. The molecular formula is C22H31NO3. The molecule has 1 saturated heterocycles. The molecule has 2 fully saturated rings. The SMILES string of the molecule is COC(=O)[C@@H](C)[C@@H](c1ccc2c(c1)CC(C1CCNCC1)OC2)C1CC1. The quantitative estimate of drug-likeness (QED) is 0.820. The number of carbonyl (C=O) groups excluding carboxylic acids is 1. The second-order valence-electron chi connectivity index (χ2n) is 8.34. The molecule has 0 radical (unpaired) electrons. The topological polar surface area (TPSA) is 47.6 Å². The van der Waals surface area contributed by atoms with Crippen molar-refractivity contribution in [1.82, 2.24) is 5.32 Å². The first-order valence-electron chi connectivity index (χ1n) is 10.2. The van der Waals surface area contributed by atoms with Crippen molar-refractivity contribution in [3.63, 3.8) is 0 Å². The standard InChI is InChI=1S/C22H31NO3/c1-14(22(24)25-2)21(16-3-4-16)17-5-6-18-13-26-20(12-19(18)11-17)15-7-9-23-10-8-15/h5-6,11,14-16,20-21,23H,3-4,7-10,12-13H2,1-2H3/t14-,20?,21+/m0/s1. The van der Waals surface area contributed by atoms with Crippen LogP contribution in [0.1, 0.15) is 55.2 Å². The van der Waals surface area contributed by atoms with Crippen LogP contribution in [0.5, 0.6) is 0 Å². The van der Waals surface area contributed by atoms with Crippen LogP contribution in [0.25, 0.3) is 0 Å². The Morgan fingerprint density at radius 1 is 1.19 bits per heavy atom. The van der Waals surface area contributed by atoms with Crippen LogP contribution in [0.4, 0.5) is 0 Å². The van der Waals surface area contributed by atoms with Gasteiger partial charge in [-0.2, -0.15) is 0 Å². The van der Waals surface area contributed by atoms with E-state index in [1.165, 1.54) is 49.5 Å². The second kappa shape index (κ2) is 7.69. The molecule has 1 aromatic rings. The Bertz CT molecular complexity index is 649. The molecule has 0 amide bonds. The summed E-state index contributed by atoms with van der Waals surface area (Å²) in [7, 11) is 1.50. The molecule has 2 heterocycles. The third-order valence-electron chi connectivity index (χ3n) is 6.64. The first-order valence-corrected chi connectivity index (χ1v) is 10.2. The molecule has 1 aliphatic carbocycles. The van der Waals surface area contributed by atoms with Crippen LogP contribution in [0, 0.1) is 17.8 Å². The maximum absolute atomic E-state index is 12.2. The van der Waals surface area contributed by atoms with E-state index in [-0.39, 0.29) is 17.8 Å². The van der Waals surface area contributed by atoms with Gasteiger partial charge in [0.1, 0.15) is 0 Å². The number of ether oxygens (including phenoxy) is 2. The van der Waals surface area contributed by atoms with E-state index in [9.17, 15) is 4.79 Å². The van der Waals surface area contributed by atoms with Gasteiger partial charge in [-0.25, -0.2) is 0 Å². The minimum Gasteiger partial charge on any atom is -0.469 e. The second-order valence-corrected chi connectivity index (χ2v) is 8.34. The van der Waals surface area contributed by atoms with Crippen molar-refractivity contribution < 1.29 is 14.3 Å². The van der Waals surface area contributed by atoms with Gasteiger partial charge in [-0.05, 0) is 79.6 Å². The number of rotatable bonds is 5. The van der Waals surface area contributed by atoms with E-state index in [2.05, 4.69) is 23.5 Å². The Hall–Kier alpha value is -1.39. The molecule has 1 saturated carbocycles. The van der Waals surface area contributed by atoms with E-state index in [0.717, 1.165) is 26.1 Å². The first-order chi connectivity index (χ1) is 12.7. The number of carbonyl (C=O) groups is 1. The smallest absolute Gasteiger partial charge is 0.309 e. The number of fused-ring (bicyclic) bond motifs is 1. The molecule has 142 valence electrons. The summed E-state index contributed by atoms with van der Waals surface area (Å²) in [5, 5.41) is 3.45. The van der Waals surface area contributed by atoms with Crippen molar-refractivity contribution in [3.05, 3.63) is 34.9 Å². The number of esters is 1. The molecule has 26 heavy (non-hydrogen) atoms. The monoisotopic (exact) mass is 357 g/mol. The van der Waals surface area contributed by atoms with Gasteiger partial charge in [-0.1, -0.05) is 25.1 Å². The van der Waals surface area contributed by atoms with Gasteiger partial charge >= 0.3 is 5.97 Å².